The van der Waals surface area contributed by atoms with Crippen LogP contribution in [0.5, 0.6) is 0 Å². The summed E-state index contributed by atoms with van der Waals surface area (Å²) >= 11 is 0. The van der Waals surface area contributed by atoms with E-state index in [9.17, 15) is 14.4 Å². The van der Waals surface area contributed by atoms with Crippen LogP contribution in [0.3, 0.4) is 0 Å². The zero-order chi connectivity index (χ0) is 19.2. The van der Waals surface area contributed by atoms with Crippen LogP contribution in [0, 0.1) is 0 Å². The van der Waals surface area contributed by atoms with Crippen molar-refractivity contribution >= 4 is 29.1 Å². The number of hydrogen-bond acceptors (Lipinski definition) is 4. The largest absolute Gasteiger partial charge is 0.352 e. The van der Waals surface area contributed by atoms with Crippen molar-refractivity contribution in [2.75, 3.05) is 23.3 Å². The fourth-order valence-corrected chi connectivity index (χ4v) is 3.98. The summed E-state index contributed by atoms with van der Waals surface area (Å²) in [6.07, 6.45) is 3.76. The van der Waals surface area contributed by atoms with Crippen molar-refractivity contribution in [2.24, 2.45) is 0 Å². The summed E-state index contributed by atoms with van der Waals surface area (Å²) in [6, 6.07) is 7.38. The van der Waals surface area contributed by atoms with Gasteiger partial charge >= 0.3 is 0 Å². The highest BCUT2D eigenvalue weighted by Gasteiger charge is 2.44. The van der Waals surface area contributed by atoms with Gasteiger partial charge in [-0.1, -0.05) is 12.1 Å². The van der Waals surface area contributed by atoms with Crippen LogP contribution in [0.4, 0.5) is 11.4 Å². The molecule has 7 heteroatoms. The third-order valence-electron chi connectivity index (χ3n) is 5.69. The van der Waals surface area contributed by atoms with Gasteiger partial charge in [0.2, 0.25) is 17.7 Å². The maximum atomic E-state index is 13.3. The molecule has 2 N–H and O–H groups in total. The lowest BCUT2D eigenvalue weighted by atomic mass is 9.96. The van der Waals surface area contributed by atoms with Gasteiger partial charge in [-0.05, 0) is 58.2 Å². The molecular formula is C20H26N4O3. The van der Waals surface area contributed by atoms with E-state index in [4.69, 9.17) is 0 Å². The molecule has 1 atom stereocenters. The summed E-state index contributed by atoms with van der Waals surface area (Å²) in [5.41, 5.74) is 0.349. The second kappa shape index (κ2) is 6.64. The molecule has 0 spiro atoms. The Kier molecular flexibility index (Phi) is 4.42. The van der Waals surface area contributed by atoms with Crippen LogP contribution in [0.25, 0.3) is 0 Å². The van der Waals surface area contributed by atoms with Crippen molar-refractivity contribution in [1.82, 2.24) is 10.2 Å². The Bertz CT molecular complexity index is 787. The summed E-state index contributed by atoms with van der Waals surface area (Å²) in [5.74, 6) is -0.341. The number of fused-ring (bicyclic) bond motifs is 1. The molecule has 27 heavy (non-hydrogen) atoms. The normalized spacial score (nSPS) is 24.3. The number of para-hydroxylation sites is 2. The Hall–Kier alpha value is -2.41. The van der Waals surface area contributed by atoms with Crippen molar-refractivity contribution in [3.05, 3.63) is 24.3 Å². The minimum Gasteiger partial charge on any atom is -0.352 e. The third kappa shape index (κ3) is 3.32. The summed E-state index contributed by atoms with van der Waals surface area (Å²) < 4.78 is 0. The minimum atomic E-state index is -0.989. The van der Waals surface area contributed by atoms with Gasteiger partial charge in [-0.15, -0.1) is 0 Å². The molecule has 2 heterocycles. The monoisotopic (exact) mass is 370 g/mol. The van der Waals surface area contributed by atoms with Crippen molar-refractivity contribution in [3.63, 3.8) is 0 Å². The predicted octanol–water partition coefficient (Wildman–Crippen LogP) is 1.49. The van der Waals surface area contributed by atoms with Gasteiger partial charge in [-0.3, -0.25) is 24.2 Å². The van der Waals surface area contributed by atoms with Crippen molar-refractivity contribution < 1.29 is 14.4 Å². The van der Waals surface area contributed by atoms with E-state index in [1.165, 1.54) is 0 Å². The average Bonchev–Trinajstić information content (AvgIpc) is 3.31. The first-order chi connectivity index (χ1) is 12.9. The lowest BCUT2D eigenvalue weighted by Gasteiger charge is -2.42. The van der Waals surface area contributed by atoms with Crippen LogP contribution in [-0.4, -0.2) is 53.3 Å². The van der Waals surface area contributed by atoms with E-state index < -0.39 is 5.54 Å². The van der Waals surface area contributed by atoms with E-state index in [0.29, 0.717) is 17.4 Å². The first-order valence-corrected chi connectivity index (χ1v) is 9.66. The number of carbonyl (C=O) groups is 3. The van der Waals surface area contributed by atoms with Crippen LogP contribution in [0.1, 0.15) is 39.5 Å². The quantitative estimate of drug-likeness (QED) is 0.841. The van der Waals surface area contributed by atoms with E-state index in [0.717, 1.165) is 32.2 Å². The van der Waals surface area contributed by atoms with Gasteiger partial charge < -0.3 is 10.6 Å². The topological polar surface area (TPSA) is 81.8 Å². The molecule has 2 fully saturated rings. The smallest absolute Gasteiger partial charge is 0.250 e. The maximum absolute atomic E-state index is 13.3. The minimum absolute atomic E-state index is 0.0267. The Morgan fingerprint density at radius 1 is 1.22 bits per heavy atom. The lowest BCUT2D eigenvalue weighted by molar-refractivity contribution is -0.129. The summed E-state index contributed by atoms with van der Waals surface area (Å²) in [4.78, 5) is 41.8. The molecule has 1 saturated heterocycles. The molecule has 2 aliphatic heterocycles. The van der Waals surface area contributed by atoms with Crippen LogP contribution < -0.4 is 15.5 Å². The van der Waals surface area contributed by atoms with Gasteiger partial charge in [0.05, 0.1) is 24.0 Å². The molecule has 0 radical (unpaired) electrons. The molecule has 1 saturated carbocycles. The SMILES string of the molecule is CC1(C)C(=O)Nc2ccccc2N1C(=O)CN1CCCC1C(=O)NC1CC1. The molecule has 7 nitrogen and oxygen atoms in total. The summed E-state index contributed by atoms with van der Waals surface area (Å²) in [7, 11) is 0. The van der Waals surface area contributed by atoms with E-state index in [1.807, 2.05) is 23.1 Å². The fraction of sp³-hybridized carbons (Fsp3) is 0.550. The van der Waals surface area contributed by atoms with Crippen molar-refractivity contribution in [1.29, 1.82) is 0 Å². The second-order valence-electron chi connectivity index (χ2n) is 8.17. The first kappa shape index (κ1) is 18.0. The molecule has 3 aliphatic rings. The van der Waals surface area contributed by atoms with Crippen molar-refractivity contribution in [3.8, 4) is 0 Å². The van der Waals surface area contributed by atoms with Gasteiger partial charge in [-0.2, -0.15) is 0 Å². The first-order valence-electron chi connectivity index (χ1n) is 9.66. The number of likely N-dealkylation sites (tertiary alicyclic amines) is 1. The lowest BCUT2D eigenvalue weighted by Crippen LogP contribution is -2.60. The maximum Gasteiger partial charge on any atom is 0.250 e. The van der Waals surface area contributed by atoms with E-state index >= 15 is 0 Å². The Balaban J connectivity index is 1.54. The predicted molar refractivity (Wildman–Crippen MR) is 102 cm³/mol. The number of rotatable bonds is 4. The van der Waals surface area contributed by atoms with E-state index in [-0.39, 0.29) is 30.3 Å². The highest BCUT2D eigenvalue weighted by molar-refractivity contribution is 6.14. The molecule has 1 aromatic carbocycles. The average molecular weight is 370 g/mol. The standard InChI is InChI=1S/C20H26N4O3/c1-20(2)19(27)22-14-6-3-4-7-15(14)24(20)17(25)12-23-11-5-8-16(23)18(26)21-13-9-10-13/h3-4,6-7,13,16H,5,8-12H2,1-2H3,(H,21,26)(H,22,27). The molecular weight excluding hydrogens is 344 g/mol. The van der Waals surface area contributed by atoms with E-state index in [1.54, 1.807) is 24.8 Å². The number of nitrogens with one attached hydrogen (secondary N) is 2. The summed E-state index contributed by atoms with van der Waals surface area (Å²) in [6.45, 7) is 4.35. The molecule has 0 bridgehead atoms. The van der Waals surface area contributed by atoms with Crippen LogP contribution in [-0.2, 0) is 14.4 Å². The highest BCUT2D eigenvalue weighted by Crippen LogP contribution is 2.37. The van der Waals surface area contributed by atoms with E-state index in [2.05, 4.69) is 10.6 Å². The van der Waals surface area contributed by atoms with Gasteiger partial charge in [0.25, 0.3) is 0 Å². The van der Waals surface area contributed by atoms with Crippen LogP contribution in [0.2, 0.25) is 0 Å². The number of benzene rings is 1. The third-order valence-corrected chi connectivity index (χ3v) is 5.69. The summed E-state index contributed by atoms with van der Waals surface area (Å²) in [5, 5.41) is 5.92. The molecule has 3 amide bonds. The van der Waals surface area contributed by atoms with Gasteiger partial charge in [-0.25, -0.2) is 0 Å². The molecule has 1 aromatic rings. The Labute approximate surface area is 159 Å². The van der Waals surface area contributed by atoms with Crippen LogP contribution >= 0.6 is 0 Å². The van der Waals surface area contributed by atoms with Crippen molar-refractivity contribution in [2.45, 2.75) is 57.2 Å². The molecule has 1 aliphatic carbocycles. The molecule has 144 valence electrons. The number of hydrogen-bond donors (Lipinski definition) is 2. The number of nitrogens with zero attached hydrogens (tertiary/aromatic N) is 2. The zero-order valence-electron chi connectivity index (χ0n) is 15.8. The highest BCUT2D eigenvalue weighted by atomic mass is 16.2. The van der Waals surface area contributed by atoms with Crippen LogP contribution in [0.15, 0.2) is 24.3 Å². The number of carbonyl (C=O) groups excluding carboxylic acids is 3. The number of amides is 3. The Morgan fingerprint density at radius 3 is 2.70 bits per heavy atom. The van der Waals surface area contributed by atoms with Gasteiger partial charge in [0.15, 0.2) is 0 Å². The second-order valence-corrected chi connectivity index (χ2v) is 8.17. The molecule has 4 rings (SSSR count). The Morgan fingerprint density at radius 2 is 1.96 bits per heavy atom. The molecule has 1 unspecified atom stereocenters. The zero-order valence-corrected chi connectivity index (χ0v) is 15.8. The number of anilines is 2. The fourth-order valence-electron chi connectivity index (χ4n) is 3.98. The molecule has 0 aromatic heterocycles. The van der Waals surface area contributed by atoms with Gasteiger partial charge in [0, 0.05) is 6.04 Å². The van der Waals surface area contributed by atoms with Gasteiger partial charge in [0.1, 0.15) is 5.54 Å².